The van der Waals surface area contributed by atoms with Crippen LogP contribution in [0.3, 0.4) is 0 Å². The van der Waals surface area contributed by atoms with E-state index >= 15 is 0 Å². The number of amides is 1. The molecule has 2 aromatic rings. The molecule has 0 bridgehead atoms. The van der Waals surface area contributed by atoms with E-state index in [9.17, 15) is 4.79 Å². The van der Waals surface area contributed by atoms with Gasteiger partial charge in [0.2, 0.25) is 5.91 Å². The van der Waals surface area contributed by atoms with Crippen molar-refractivity contribution in [3.05, 3.63) is 34.1 Å². The molecule has 1 N–H and O–H groups in total. The Bertz CT molecular complexity index is 872. The Hall–Kier alpha value is -2.48. The van der Waals surface area contributed by atoms with Crippen LogP contribution in [0.15, 0.2) is 4.52 Å². The van der Waals surface area contributed by atoms with Gasteiger partial charge in [-0.3, -0.25) is 4.79 Å². The number of carbonyl (C=O) groups excluding carboxylic acids is 1. The molecule has 29 heavy (non-hydrogen) atoms. The van der Waals surface area contributed by atoms with Crippen molar-refractivity contribution < 1.29 is 9.32 Å². The van der Waals surface area contributed by atoms with Gasteiger partial charge in [-0.05, 0) is 33.7 Å². The first-order valence-corrected chi connectivity index (χ1v) is 10.4. The quantitative estimate of drug-likeness (QED) is 0.843. The Kier molecular flexibility index (Phi) is 5.54. The molecule has 1 saturated heterocycles. The number of anilines is 1. The molecule has 2 aromatic heterocycles. The van der Waals surface area contributed by atoms with Crippen molar-refractivity contribution in [1.82, 2.24) is 24.9 Å². The highest BCUT2D eigenvalue weighted by molar-refractivity contribution is 5.79. The summed E-state index contributed by atoms with van der Waals surface area (Å²) < 4.78 is 5.21. The number of aryl methyl sites for hydroxylation is 2. The molecular weight excluding hydrogens is 368 g/mol. The fourth-order valence-corrected chi connectivity index (χ4v) is 4.39. The van der Waals surface area contributed by atoms with Crippen molar-refractivity contribution in [3.63, 3.8) is 0 Å². The Morgan fingerprint density at radius 1 is 1.28 bits per heavy atom. The maximum Gasteiger partial charge on any atom is 0.227 e. The van der Waals surface area contributed by atoms with E-state index in [4.69, 9.17) is 14.5 Å². The summed E-state index contributed by atoms with van der Waals surface area (Å²) >= 11 is 0. The maximum atomic E-state index is 12.9. The van der Waals surface area contributed by atoms with E-state index in [0.717, 1.165) is 73.3 Å². The van der Waals surface area contributed by atoms with Gasteiger partial charge in [0.15, 0.2) is 0 Å². The van der Waals surface area contributed by atoms with Crippen molar-refractivity contribution in [2.24, 2.45) is 0 Å². The molecule has 8 heteroatoms. The summed E-state index contributed by atoms with van der Waals surface area (Å²) in [5.74, 6) is 2.82. The van der Waals surface area contributed by atoms with Crippen LogP contribution in [0.1, 0.15) is 52.9 Å². The fourth-order valence-electron chi connectivity index (χ4n) is 4.39. The Morgan fingerprint density at radius 2 is 2.10 bits per heavy atom. The molecule has 2 aliphatic heterocycles. The van der Waals surface area contributed by atoms with E-state index in [0.29, 0.717) is 13.0 Å². The lowest BCUT2D eigenvalue weighted by Gasteiger charge is -2.33. The third kappa shape index (κ3) is 3.99. The smallest absolute Gasteiger partial charge is 0.227 e. The molecule has 0 aromatic carbocycles. The average molecular weight is 399 g/mol. The lowest BCUT2D eigenvalue weighted by Crippen LogP contribution is -2.40. The van der Waals surface area contributed by atoms with E-state index in [1.807, 2.05) is 25.8 Å². The summed E-state index contributed by atoms with van der Waals surface area (Å²) in [7, 11) is 4.04. The van der Waals surface area contributed by atoms with Crippen LogP contribution in [0.2, 0.25) is 0 Å². The minimum atomic E-state index is 0.123. The van der Waals surface area contributed by atoms with Crippen molar-refractivity contribution in [2.45, 2.75) is 52.0 Å². The zero-order chi connectivity index (χ0) is 20.5. The summed E-state index contributed by atoms with van der Waals surface area (Å²) in [6.45, 7) is 7.09. The number of piperidine rings is 1. The first kappa shape index (κ1) is 19.8. The number of fused-ring (bicyclic) bond motifs is 1. The first-order chi connectivity index (χ1) is 14.0. The molecule has 0 radical (unpaired) electrons. The minimum absolute atomic E-state index is 0.123. The van der Waals surface area contributed by atoms with Crippen LogP contribution in [0.4, 0.5) is 5.82 Å². The molecule has 1 amide bonds. The van der Waals surface area contributed by atoms with Crippen LogP contribution < -0.4 is 5.32 Å². The number of hydrogen-bond donors (Lipinski definition) is 1. The molecule has 0 saturated carbocycles. The van der Waals surface area contributed by atoms with Gasteiger partial charge >= 0.3 is 0 Å². The number of nitrogens with one attached hydrogen (secondary N) is 1. The maximum absolute atomic E-state index is 12.9. The van der Waals surface area contributed by atoms with Crippen LogP contribution in [0, 0.1) is 13.8 Å². The molecule has 0 aliphatic carbocycles. The average Bonchev–Trinajstić information content (AvgIpc) is 3.05. The van der Waals surface area contributed by atoms with Crippen LogP contribution in [0.5, 0.6) is 0 Å². The van der Waals surface area contributed by atoms with Crippen molar-refractivity contribution in [2.75, 3.05) is 39.0 Å². The van der Waals surface area contributed by atoms with Gasteiger partial charge < -0.3 is 19.6 Å². The van der Waals surface area contributed by atoms with Crippen molar-refractivity contribution >= 4 is 11.7 Å². The van der Waals surface area contributed by atoms with Gasteiger partial charge in [-0.2, -0.15) is 0 Å². The lowest BCUT2D eigenvalue weighted by molar-refractivity contribution is -0.131. The molecule has 1 atom stereocenters. The van der Waals surface area contributed by atoms with Crippen LogP contribution in [-0.2, 0) is 24.2 Å². The van der Waals surface area contributed by atoms with Gasteiger partial charge in [0, 0.05) is 56.7 Å². The third-order valence-electron chi connectivity index (χ3n) is 6.15. The molecule has 4 rings (SSSR count). The van der Waals surface area contributed by atoms with Crippen LogP contribution in [-0.4, -0.2) is 64.6 Å². The SMILES string of the molecule is CNc1nc([C@H]2CCCN(C(=O)Cc3c(C)noc3C)C2)nc2c1CN(C)CC2. The molecule has 4 heterocycles. The second kappa shape index (κ2) is 8.10. The van der Waals surface area contributed by atoms with E-state index < -0.39 is 0 Å². The number of rotatable bonds is 4. The number of nitrogens with zero attached hydrogens (tertiary/aromatic N) is 5. The molecule has 156 valence electrons. The highest BCUT2D eigenvalue weighted by Gasteiger charge is 2.29. The number of hydrogen-bond acceptors (Lipinski definition) is 7. The van der Waals surface area contributed by atoms with E-state index in [1.165, 1.54) is 5.56 Å². The zero-order valence-electron chi connectivity index (χ0n) is 17.8. The van der Waals surface area contributed by atoms with Gasteiger partial charge in [-0.1, -0.05) is 5.16 Å². The van der Waals surface area contributed by atoms with Crippen molar-refractivity contribution in [1.29, 1.82) is 0 Å². The molecule has 0 unspecified atom stereocenters. The Balaban J connectivity index is 1.52. The largest absolute Gasteiger partial charge is 0.373 e. The van der Waals surface area contributed by atoms with Crippen molar-refractivity contribution in [3.8, 4) is 0 Å². The van der Waals surface area contributed by atoms with E-state index in [2.05, 4.69) is 22.4 Å². The molecule has 8 nitrogen and oxygen atoms in total. The summed E-state index contributed by atoms with van der Waals surface area (Å²) in [4.78, 5) is 27.0. The second-order valence-electron chi connectivity index (χ2n) is 8.25. The van der Waals surface area contributed by atoms with Crippen LogP contribution >= 0.6 is 0 Å². The van der Waals surface area contributed by atoms with E-state index in [-0.39, 0.29) is 11.8 Å². The molecule has 2 aliphatic rings. The molecule has 0 spiro atoms. The predicted molar refractivity (Wildman–Crippen MR) is 110 cm³/mol. The zero-order valence-corrected chi connectivity index (χ0v) is 17.8. The number of likely N-dealkylation sites (N-methyl/N-ethyl adjacent to an activating group) is 1. The third-order valence-corrected chi connectivity index (χ3v) is 6.15. The number of carbonyl (C=O) groups is 1. The topological polar surface area (TPSA) is 87.4 Å². The highest BCUT2D eigenvalue weighted by Crippen LogP contribution is 2.30. The number of aromatic nitrogens is 3. The minimum Gasteiger partial charge on any atom is -0.373 e. The van der Waals surface area contributed by atoms with Gasteiger partial charge in [-0.15, -0.1) is 0 Å². The molecular formula is C21H30N6O2. The summed E-state index contributed by atoms with van der Waals surface area (Å²) in [5.41, 5.74) is 4.05. The summed E-state index contributed by atoms with van der Waals surface area (Å²) in [5, 5.41) is 7.22. The van der Waals surface area contributed by atoms with Gasteiger partial charge in [0.25, 0.3) is 0 Å². The predicted octanol–water partition coefficient (Wildman–Crippen LogP) is 2.06. The Labute approximate surface area is 171 Å². The van der Waals surface area contributed by atoms with Gasteiger partial charge in [0.1, 0.15) is 17.4 Å². The normalized spacial score (nSPS) is 19.9. The Morgan fingerprint density at radius 3 is 2.83 bits per heavy atom. The lowest BCUT2D eigenvalue weighted by atomic mass is 9.95. The standard InChI is InChI=1S/C21H30N6O2/c1-13-16(14(2)29-25-13)10-19(28)27-8-5-6-15(11-27)20-23-18-7-9-26(4)12-17(18)21(22-3)24-20/h15H,5-12H2,1-4H3,(H,22,23,24)/t15-/m0/s1. The second-order valence-corrected chi connectivity index (χ2v) is 8.25. The summed E-state index contributed by atoms with van der Waals surface area (Å²) in [6, 6.07) is 0. The van der Waals surface area contributed by atoms with Crippen LogP contribution in [0.25, 0.3) is 0 Å². The van der Waals surface area contributed by atoms with Gasteiger partial charge in [0.05, 0.1) is 17.8 Å². The first-order valence-electron chi connectivity index (χ1n) is 10.4. The fraction of sp³-hybridized carbons (Fsp3) is 0.619. The van der Waals surface area contributed by atoms with E-state index in [1.54, 1.807) is 0 Å². The monoisotopic (exact) mass is 398 g/mol. The molecule has 1 fully saturated rings. The van der Waals surface area contributed by atoms with Gasteiger partial charge in [-0.25, -0.2) is 9.97 Å². The number of likely N-dealkylation sites (tertiary alicyclic amines) is 1. The highest BCUT2D eigenvalue weighted by atomic mass is 16.5. The summed E-state index contributed by atoms with van der Waals surface area (Å²) in [6.07, 6.45) is 3.26.